The number of aromatic nitrogens is 3. The van der Waals surface area contributed by atoms with Crippen molar-refractivity contribution in [3.63, 3.8) is 0 Å². The first kappa shape index (κ1) is 12.6. The van der Waals surface area contributed by atoms with E-state index in [0.717, 1.165) is 18.1 Å². The summed E-state index contributed by atoms with van der Waals surface area (Å²) in [6, 6.07) is 0. The van der Waals surface area contributed by atoms with Crippen LogP contribution in [0.25, 0.3) is 0 Å². The maximum absolute atomic E-state index is 4.64. The fraction of sp³-hybridized carbons (Fsp3) is 0.857. The van der Waals surface area contributed by atoms with Gasteiger partial charge in [0.25, 0.3) is 0 Å². The van der Waals surface area contributed by atoms with Crippen LogP contribution >= 0.6 is 0 Å². The maximum atomic E-state index is 4.64. The Kier molecular flexibility index (Phi) is 5.02. The van der Waals surface area contributed by atoms with Gasteiger partial charge in [0.15, 0.2) is 5.82 Å². The molecule has 1 N–H and O–H groups in total. The molecule has 0 amide bonds. The quantitative estimate of drug-likeness (QED) is 0.726. The van der Waals surface area contributed by atoms with Crippen LogP contribution in [0.1, 0.15) is 82.3 Å². The second-order valence-electron chi connectivity index (χ2n) is 5.29. The highest BCUT2D eigenvalue weighted by atomic mass is 15.2. The van der Waals surface area contributed by atoms with Gasteiger partial charge in [0.1, 0.15) is 5.82 Å². The first-order valence-corrected chi connectivity index (χ1v) is 7.31. The minimum absolute atomic E-state index is 0.639. The summed E-state index contributed by atoms with van der Waals surface area (Å²) in [5.41, 5.74) is 0. The summed E-state index contributed by atoms with van der Waals surface area (Å²) < 4.78 is 0. The molecule has 3 heteroatoms. The van der Waals surface area contributed by atoms with E-state index in [1.54, 1.807) is 0 Å². The molecule has 0 aromatic carbocycles. The van der Waals surface area contributed by atoms with Crippen molar-refractivity contribution in [1.82, 2.24) is 15.2 Å². The van der Waals surface area contributed by atoms with E-state index in [9.17, 15) is 0 Å². The van der Waals surface area contributed by atoms with Crippen LogP contribution in [-0.2, 0) is 6.42 Å². The molecule has 17 heavy (non-hydrogen) atoms. The van der Waals surface area contributed by atoms with Gasteiger partial charge in [-0.2, -0.15) is 5.10 Å². The standard InChI is InChI=1S/C14H25N3/c1-2-3-4-5-6-11-13-15-14(17-16-13)12-9-7-8-10-12/h12H,2-11H2,1H3,(H,15,16,17). The minimum Gasteiger partial charge on any atom is -0.263 e. The van der Waals surface area contributed by atoms with E-state index >= 15 is 0 Å². The number of hydrogen-bond donors (Lipinski definition) is 1. The van der Waals surface area contributed by atoms with Crippen LogP contribution in [0.5, 0.6) is 0 Å². The largest absolute Gasteiger partial charge is 0.263 e. The molecule has 1 aliphatic carbocycles. The second kappa shape index (κ2) is 6.77. The Morgan fingerprint density at radius 3 is 2.65 bits per heavy atom. The Morgan fingerprint density at radius 2 is 1.88 bits per heavy atom. The van der Waals surface area contributed by atoms with Gasteiger partial charge in [0.05, 0.1) is 0 Å². The molecular weight excluding hydrogens is 210 g/mol. The van der Waals surface area contributed by atoms with Gasteiger partial charge in [-0.15, -0.1) is 0 Å². The number of rotatable bonds is 7. The molecule has 0 bridgehead atoms. The summed E-state index contributed by atoms with van der Waals surface area (Å²) in [6.07, 6.45) is 13.0. The molecule has 1 heterocycles. The van der Waals surface area contributed by atoms with Crippen molar-refractivity contribution in [2.24, 2.45) is 0 Å². The molecule has 0 saturated heterocycles. The molecule has 1 fully saturated rings. The number of nitrogens with zero attached hydrogens (tertiary/aromatic N) is 2. The van der Waals surface area contributed by atoms with Crippen LogP contribution in [0.15, 0.2) is 0 Å². The summed E-state index contributed by atoms with van der Waals surface area (Å²) in [5.74, 6) is 2.81. The van der Waals surface area contributed by atoms with Crippen LogP contribution in [0.2, 0.25) is 0 Å². The first-order valence-electron chi connectivity index (χ1n) is 7.31. The average molecular weight is 235 g/mol. The fourth-order valence-corrected chi connectivity index (χ4v) is 2.68. The highest BCUT2D eigenvalue weighted by molar-refractivity contribution is 4.99. The lowest BCUT2D eigenvalue weighted by atomic mass is 10.1. The van der Waals surface area contributed by atoms with Crippen LogP contribution in [-0.4, -0.2) is 15.2 Å². The van der Waals surface area contributed by atoms with E-state index in [1.807, 2.05) is 0 Å². The second-order valence-corrected chi connectivity index (χ2v) is 5.29. The van der Waals surface area contributed by atoms with Gasteiger partial charge in [-0.3, -0.25) is 5.10 Å². The topological polar surface area (TPSA) is 41.6 Å². The van der Waals surface area contributed by atoms with E-state index < -0.39 is 0 Å². The zero-order valence-corrected chi connectivity index (χ0v) is 11.0. The van der Waals surface area contributed by atoms with Gasteiger partial charge in [0, 0.05) is 12.3 Å². The summed E-state index contributed by atoms with van der Waals surface area (Å²) in [5, 5.41) is 7.49. The summed E-state index contributed by atoms with van der Waals surface area (Å²) in [6.45, 7) is 2.25. The van der Waals surface area contributed by atoms with Gasteiger partial charge in [0.2, 0.25) is 0 Å². The highest BCUT2D eigenvalue weighted by Gasteiger charge is 2.20. The summed E-state index contributed by atoms with van der Waals surface area (Å²) >= 11 is 0. The van der Waals surface area contributed by atoms with Crippen LogP contribution < -0.4 is 0 Å². The zero-order valence-electron chi connectivity index (χ0n) is 11.0. The van der Waals surface area contributed by atoms with Crippen molar-refractivity contribution in [2.75, 3.05) is 0 Å². The fourth-order valence-electron chi connectivity index (χ4n) is 2.68. The van der Waals surface area contributed by atoms with E-state index in [-0.39, 0.29) is 0 Å². The lowest BCUT2D eigenvalue weighted by Crippen LogP contribution is -1.95. The Labute approximate surface area is 104 Å². The van der Waals surface area contributed by atoms with Gasteiger partial charge >= 0.3 is 0 Å². The highest BCUT2D eigenvalue weighted by Crippen LogP contribution is 2.31. The third-order valence-electron chi connectivity index (χ3n) is 3.79. The Morgan fingerprint density at radius 1 is 1.12 bits per heavy atom. The van der Waals surface area contributed by atoms with Crippen molar-refractivity contribution in [1.29, 1.82) is 0 Å². The number of unbranched alkanes of at least 4 members (excludes halogenated alkanes) is 4. The molecule has 3 nitrogen and oxygen atoms in total. The molecule has 2 rings (SSSR count). The summed E-state index contributed by atoms with van der Waals surface area (Å²) in [4.78, 5) is 4.64. The molecule has 0 unspecified atom stereocenters. The average Bonchev–Trinajstić information content (AvgIpc) is 2.99. The summed E-state index contributed by atoms with van der Waals surface area (Å²) in [7, 11) is 0. The third-order valence-corrected chi connectivity index (χ3v) is 3.79. The van der Waals surface area contributed by atoms with Gasteiger partial charge in [-0.05, 0) is 19.3 Å². The Bertz CT molecular complexity index is 313. The van der Waals surface area contributed by atoms with Crippen LogP contribution in [0, 0.1) is 0 Å². The van der Waals surface area contributed by atoms with Crippen molar-refractivity contribution in [3.05, 3.63) is 11.6 Å². The number of nitrogens with one attached hydrogen (secondary N) is 1. The molecule has 0 aliphatic heterocycles. The van der Waals surface area contributed by atoms with Crippen molar-refractivity contribution in [2.45, 2.75) is 77.0 Å². The van der Waals surface area contributed by atoms with Crippen molar-refractivity contribution < 1.29 is 0 Å². The lowest BCUT2D eigenvalue weighted by molar-refractivity contribution is 0.622. The molecular formula is C14H25N3. The minimum atomic E-state index is 0.639. The van der Waals surface area contributed by atoms with E-state index in [0.29, 0.717) is 5.92 Å². The lowest BCUT2D eigenvalue weighted by Gasteiger charge is -2.01. The monoisotopic (exact) mass is 235 g/mol. The zero-order chi connectivity index (χ0) is 11.9. The molecule has 1 saturated carbocycles. The van der Waals surface area contributed by atoms with Crippen molar-refractivity contribution >= 4 is 0 Å². The SMILES string of the molecule is CCCCCCCc1nc(C2CCCC2)n[nH]1. The van der Waals surface area contributed by atoms with Crippen molar-refractivity contribution in [3.8, 4) is 0 Å². The van der Waals surface area contributed by atoms with E-state index in [4.69, 9.17) is 0 Å². The molecule has 0 atom stereocenters. The van der Waals surface area contributed by atoms with E-state index in [1.165, 1.54) is 57.8 Å². The smallest absolute Gasteiger partial charge is 0.153 e. The molecule has 1 aromatic heterocycles. The molecule has 0 radical (unpaired) electrons. The van der Waals surface area contributed by atoms with Gasteiger partial charge < -0.3 is 0 Å². The Balaban J connectivity index is 1.70. The van der Waals surface area contributed by atoms with Crippen LogP contribution in [0.3, 0.4) is 0 Å². The molecule has 0 spiro atoms. The Hall–Kier alpha value is -0.860. The number of aryl methyl sites for hydroxylation is 1. The van der Waals surface area contributed by atoms with E-state index in [2.05, 4.69) is 22.1 Å². The third kappa shape index (κ3) is 3.83. The molecule has 96 valence electrons. The molecule has 1 aromatic rings. The first-order chi connectivity index (χ1) is 8.40. The van der Waals surface area contributed by atoms with Crippen LogP contribution in [0.4, 0.5) is 0 Å². The van der Waals surface area contributed by atoms with Gasteiger partial charge in [-0.1, -0.05) is 45.4 Å². The van der Waals surface area contributed by atoms with Gasteiger partial charge in [-0.25, -0.2) is 4.98 Å². The maximum Gasteiger partial charge on any atom is 0.153 e. The normalized spacial score (nSPS) is 16.8. The number of aromatic amines is 1. The predicted octanol–water partition coefficient (Wildman–Crippen LogP) is 3.98. The predicted molar refractivity (Wildman–Crippen MR) is 70.1 cm³/mol. The number of H-pyrrole nitrogens is 1. The number of hydrogen-bond acceptors (Lipinski definition) is 2. The molecule has 1 aliphatic rings.